The summed E-state index contributed by atoms with van der Waals surface area (Å²) in [5, 5.41) is 23.7. The standard InChI is InChI=1S/C28H37ClO7/c1-5-22(32)35-15-26(34)14-25-13-21(31)27(29)19(8-7-17-12-18(30)9-10-24(17,27)4)20(25)11-16(3)28(25,26)36-23(33)6-2/h9-10,12,16,19-21,31,34H,5-8,11,13-15H2,1-4H3/t16-,19-,20-,21-,24-,25+,26+,27-,28+/m0/s1. The monoisotopic (exact) mass is 520 g/mol. The molecule has 5 aliphatic carbocycles. The summed E-state index contributed by atoms with van der Waals surface area (Å²) in [6.45, 7) is 7.13. The van der Waals surface area contributed by atoms with E-state index in [9.17, 15) is 24.6 Å². The van der Waals surface area contributed by atoms with Crippen LogP contribution in [0.3, 0.4) is 0 Å². The van der Waals surface area contributed by atoms with Crippen molar-refractivity contribution in [3.63, 3.8) is 0 Å². The van der Waals surface area contributed by atoms with Gasteiger partial charge in [0.1, 0.15) is 12.2 Å². The van der Waals surface area contributed by atoms with Gasteiger partial charge in [-0.2, -0.15) is 0 Å². The normalized spacial score (nSPS) is 48.5. The molecule has 198 valence electrons. The predicted octanol–water partition coefficient (Wildman–Crippen LogP) is 3.63. The van der Waals surface area contributed by atoms with Crippen molar-refractivity contribution in [2.24, 2.45) is 28.6 Å². The highest BCUT2D eigenvalue weighted by atomic mass is 35.5. The molecule has 0 aromatic carbocycles. The van der Waals surface area contributed by atoms with Gasteiger partial charge >= 0.3 is 11.9 Å². The van der Waals surface area contributed by atoms with Gasteiger partial charge in [-0.1, -0.05) is 39.3 Å². The molecular weight excluding hydrogens is 484 g/mol. The van der Waals surface area contributed by atoms with E-state index >= 15 is 0 Å². The highest BCUT2D eigenvalue weighted by molar-refractivity contribution is 6.26. The summed E-state index contributed by atoms with van der Waals surface area (Å²) >= 11 is 7.52. The van der Waals surface area contributed by atoms with Crippen LogP contribution in [0.15, 0.2) is 23.8 Å². The first-order chi connectivity index (χ1) is 16.8. The SMILES string of the molecule is CCC(=O)OC[C@]1(O)C[C@]23C[C@H](O)[C@@]4(Cl)[C@@H](CCC5=CC(=O)C=C[C@@]54C)[C@@H]2C[C@H](C)[C@]13OC(=O)CC. The van der Waals surface area contributed by atoms with Gasteiger partial charge in [0.15, 0.2) is 11.4 Å². The maximum Gasteiger partial charge on any atom is 0.306 e. The van der Waals surface area contributed by atoms with Gasteiger partial charge in [0.25, 0.3) is 0 Å². The van der Waals surface area contributed by atoms with Gasteiger partial charge < -0.3 is 19.7 Å². The fourth-order valence-electron chi connectivity index (χ4n) is 9.12. The lowest BCUT2D eigenvalue weighted by Crippen LogP contribution is -2.82. The van der Waals surface area contributed by atoms with Crippen molar-refractivity contribution < 1.29 is 34.1 Å². The Kier molecular flexibility index (Phi) is 5.87. The second kappa shape index (κ2) is 8.15. The molecule has 4 fully saturated rings. The van der Waals surface area contributed by atoms with Gasteiger partial charge in [0, 0.05) is 23.7 Å². The maximum absolute atomic E-state index is 12.8. The molecule has 9 atom stereocenters. The van der Waals surface area contributed by atoms with Crippen molar-refractivity contribution in [2.45, 2.75) is 94.8 Å². The maximum atomic E-state index is 12.8. The first-order valence-electron chi connectivity index (χ1n) is 13.3. The topological polar surface area (TPSA) is 110 Å². The molecule has 0 aromatic rings. The molecule has 4 saturated carbocycles. The van der Waals surface area contributed by atoms with E-state index in [1.54, 1.807) is 26.0 Å². The summed E-state index contributed by atoms with van der Waals surface area (Å²) < 4.78 is 11.6. The molecule has 0 amide bonds. The molecule has 0 bridgehead atoms. The zero-order valence-corrected chi connectivity index (χ0v) is 22.3. The van der Waals surface area contributed by atoms with Crippen LogP contribution in [0.5, 0.6) is 0 Å². The predicted molar refractivity (Wildman–Crippen MR) is 132 cm³/mol. The van der Waals surface area contributed by atoms with E-state index in [4.69, 9.17) is 21.1 Å². The Morgan fingerprint density at radius 3 is 2.56 bits per heavy atom. The van der Waals surface area contributed by atoms with Gasteiger partial charge in [-0.05, 0) is 62.0 Å². The van der Waals surface area contributed by atoms with E-state index in [2.05, 4.69) is 0 Å². The molecule has 0 saturated heterocycles. The first-order valence-corrected chi connectivity index (χ1v) is 13.6. The Morgan fingerprint density at radius 2 is 1.89 bits per heavy atom. The zero-order chi connectivity index (χ0) is 26.3. The van der Waals surface area contributed by atoms with E-state index in [1.165, 1.54) is 0 Å². The molecular formula is C28H37ClO7. The lowest BCUT2D eigenvalue weighted by Gasteiger charge is -2.72. The Hall–Kier alpha value is -1.70. The third-order valence-corrected chi connectivity index (χ3v) is 11.5. The van der Waals surface area contributed by atoms with Gasteiger partial charge in [-0.3, -0.25) is 14.4 Å². The molecule has 7 nitrogen and oxygen atoms in total. The lowest BCUT2D eigenvalue weighted by atomic mass is 9.37. The van der Waals surface area contributed by atoms with Crippen LogP contribution in [-0.4, -0.2) is 56.7 Å². The Morgan fingerprint density at radius 1 is 1.19 bits per heavy atom. The second-order valence-electron chi connectivity index (χ2n) is 11.9. The zero-order valence-electron chi connectivity index (χ0n) is 21.5. The van der Waals surface area contributed by atoms with Gasteiger partial charge in [-0.15, -0.1) is 11.6 Å². The average Bonchev–Trinajstić information content (AvgIpc) is 3.03. The second-order valence-corrected chi connectivity index (χ2v) is 12.6. The van der Waals surface area contributed by atoms with Crippen molar-refractivity contribution >= 4 is 29.3 Å². The Labute approximate surface area is 217 Å². The summed E-state index contributed by atoms with van der Waals surface area (Å²) in [5.41, 5.74) is -3.23. The number of aliphatic hydroxyl groups is 2. The summed E-state index contributed by atoms with van der Waals surface area (Å²) in [5.74, 6) is -1.26. The summed E-state index contributed by atoms with van der Waals surface area (Å²) in [6, 6.07) is 0. The molecule has 0 aromatic heterocycles. The highest BCUT2D eigenvalue weighted by Crippen LogP contribution is 2.80. The molecule has 1 spiro atoms. The fraction of sp³-hybridized carbons (Fsp3) is 0.750. The third-order valence-electron chi connectivity index (χ3n) is 10.5. The molecule has 2 N–H and O–H groups in total. The van der Waals surface area contributed by atoms with Crippen molar-refractivity contribution in [3.05, 3.63) is 23.8 Å². The van der Waals surface area contributed by atoms with Gasteiger partial charge in [0.2, 0.25) is 0 Å². The van der Waals surface area contributed by atoms with Crippen LogP contribution in [0.2, 0.25) is 0 Å². The van der Waals surface area contributed by atoms with E-state index in [0.29, 0.717) is 19.3 Å². The lowest BCUT2D eigenvalue weighted by molar-refractivity contribution is -0.349. The summed E-state index contributed by atoms with van der Waals surface area (Å²) in [7, 11) is 0. The number of fused-ring (bicyclic) bond motifs is 4. The molecule has 0 radical (unpaired) electrons. The van der Waals surface area contributed by atoms with Crippen LogP contribution < -0.4 is 0 Å². The molecule has 0 aliphatic heterocycles. The molecule has 0 unspecified atom stereocenters. The van der Waals surface area contributed by atoms with Crippen molar-refractivity contribution in [2.75, 3.05) is 6.61 Å². The highest BCUT2D eigenvalue weighted by Gasteiger charge is 2.87. The van der Waals surface area contributed by atoms with E-state index in [0.717, 1.165) is 5.57 Å². The number of allylic oxidation sites excluding steroid dienone is 4. The van der Waals surface area contributed by atoms with Crippen LogP contribution in [0.1, 0.15) is 72.6 Å². The molecule has 5 aliphatic rings. The largest absolute Gasteiger partial charge is 0.462 e. The number of halogens is 1. The minimum atomic E-state index is -1.54. The molecule has 5 rings (SSSR count). The Bertz CT molecular complexity index is 1070. The average molecular weight is 521 g/mol. The quantitative estimate of drug-likeness (QED) is 0.420. The number of rotatable bonds is 5. The van der Waals surface area contributed by atoms with E-state index in [1.807, 2.05) is 19.9 Å². The van der Waals surface area contributed by atoms with Gasteiger partial charge in [0.05, 0.1) is 11.0 Å². The number of esters is 2. The van der Waals surface area contributed by atoms with Crippen molar-refractivity contribution in [1.29, 1.82) is 0 Å². The van der Waals surface area contributed by atoms with Crippen LogP contribution in [0.4, 0.5) is 0 Å². The molecule has 0 heterocycles. The van der Waals surface area contributed by atoms with Crippen molar-refractivity contribution in [1.82, 2.24) is 0 Å². The van der Waals surface area contributed by atoms with Crippen LogP contribution >= 0.6 is 11.6 Å². The minimum Gasteiger partial charge on any atom is -0.462 e. The number of carbonyl (C=O) groups excluding carboxylic acids is 3. The number of ketones is 1. The number of hydrogen-bond donors (Lipinski definition) is 2. The minimum absolute atomic E-state index is 0.00962. The van der Waals surface area contributed by atoms with E-state index < -0.39 is 44.9 Å². The summed E-state index contributed by atoms with van der Waals surface area (Å²) in [6.07, 6.45) is 7.01. The van der Waals surface area contributed by atoms with Crippen molar-refractivity contribution in [3.8, 4) is 0 Å². The number of carbonyl (C=O) groups is 3. The number of aliphatic hydroxyl groups excluding tert-OH is 1. The number of alkyl halides is 1. The number of hydrogen-bond acceptors (Lipinski definition) is 7. The fourth-order valence-corrected chi connectivity index (χ4v) is 9.64. The van der Waals surface area contributed by atoms with Crippen LogP contribution in [0.25, 0.3) is 0 Å². The Balaban J connectivity index is 1.58. The molecule has 8 heteroatoms. The van der Waals surface area contributed by atoms with Crippen LogP contribution in [-0.2, 0) is 23.9 Å². The first kappa shape index (κ1) is 25.9. The molecule has 36 heavy (non-hydrogen) atoms. The summed E-state index contributed by atoms with van der Waals surface area (Å²) in [4.78, 5) is 35.8. The van der Waals surface area contributed by atoms with Gasteiger partial charge in [-0.25, -0.2) is 0 Å². The van der Waals surface area contributed by atoms with E-state index in [-0.39, 0.29) is 55.8 Å². The third kappa shape index (κ3) is 2.91. The number of ether oxygens (including phenoxy) is 2. The van der Waals surface area contributed by atoms with Crippen LogP contribution in [0, 0.1) is 28.6 Å². The smallest absolute Gasteiger partial charge is 0.306 e.